The van der Waals surface area contributed by atoms with Crippen molar-refractivity contribution in [2.24, 2.45) is 5.92 Å². The molecule has 4 aromatic rings. The van der Waals surface area contributed by atoms with E-state index in [-0.39, 0.29) is 12.3 Å². The van der Waals surface area contributed by atoms with Crippen LogP contribution < -0.4 is 5.32 Å². The highest BCUT2D eigenvalue weighted by atomic mass is 19.1. The average molecular weight is 419 g/mol. The van der Waals surface area contributed by atoms with Crippen LogP contribution in [0.15, 0.2) is 42.9 Å². The summed E-state index contributed by atoms with van der Waals surface area (Å²) in [6.07, 6.45) is 4.41. The number of aliphatic hydroxyl groups is 1. The first-order valence-corrected chi connectivity index (χ1v) is 10.3. The highest BCUT2D eigenvalue weighted by Crippen LogP contribution is 2.35. The van der Waals surface area contributed by atoms with Gasteiger partial charge < -0.3 is 10.4 Å². The molecule has 1 saturated carbocycles. The molecule has 0 aromatic carbocycles. The van der Waals surface area contributed by atoms with E-state index in [1.54, 1.807) is 24.7 Å². The number of nitrogens with zero attached hydrogens (tertiary/aromatic N) is 4. The first-order chi connectivity index (χ1) is 15.0. The largest absolute Gasteiger partial charge is 0.387 e. The predicted molar refractivity (Wildman–Crippen MR) is 115 cm³/mol. The Bertz CT molecular complexity index is 1320. The summed E-state index contributed by atoms with van der Waals surface area (Å²) in [6, 6.07) is 7.56. The molecule has 4 aromatic heterocycles. The zero-order valence-corrected chi connectivity index (χ0v) is 17.2. The number of aryl methyl sites for hydroxylation is 1. The van der Waals surface area contributed by atoms with Crippen LogP contribution in [-0.4, -0.2) is 36.8 Å². The third-order valence-corrected chi connectivity index (χ3v) is 5.81. The molecular weight excluding hydrogens is 397 g/mol. The van der Waals surface area contributed by atoms with Crippen LogP contribution in [0.5, 0.6) is 0 Å². The predicted octanol–water partition coefficient (Wildman–Crippen LogP) is 3.99. The fraction of sp³-hybridized carbons (Fsp3) is 0.304. The zero-order valence-electron chi connectivity index (χ0n) is 17.2. The lowest BCUT2D eigenvalue weighted by Crippen LogP contribution is -2.15. The lowest BCUT2D eigenvalue weighted by atomic mass is 10.0. The maximum Gasteiger partial charge on any atom is 0.231 e. The van der Waals surface area contributed by atoms with Crippen molar-refractivity contribution < 1.29 is 14.3 Å². The SMILES string of the molecule is CC[C@H](O)c1cc(C)c(-c2cc3cnc(NC(=O)[C@@H]4C[C@@H]4F)cc3c3ccnn23)cn1. The Balaban J connectivity index is 1.58. The number of anilines is 1. The summed E-state index contributed by atoms with van der Waals surface area (Å²) >= 11 is 0. The molecule has 0 radical (unpaired) electrons. The Labute approximate surface area is 178 Å². The quantitative estimate of drug-likeness (QED) is 0.510. The summed E-state index contributed by atoms with van der Waals surface area (Å²) in [5.74, 6) is -0.515. The van der Waals surface area contributed by atoms with Crippen LogP contribution >= 0.6 is 0 Å². The van der Waals surface area contributed by atoms with Crippen molar-refractivity contribution in [1.82, 2.24) is 19.6 Å². The van der Waals surface area contributed by atoms with E-state index in [1.807, 2.05) is 36.6 Å². The standard InChI is InChI=1S/C23H22FN5O2/c1-3-21(30)18-6-12(2)16(11-25-18)20-7-13-10-26-22(28-23(31)15-8-17(15)24)9-14(13)19-4-5-27-29(19)20/h4-7,9-11,15,17,21,30H,3,8H2,1-2H3,(H,26,28,31)/t15-,17+,21+/m1/s1. The number of carbonyl (C=O) groups is 1. The van der Waals surface area contributed by atoms with Crippen molar-refractivity contribution >= 4 is 28.0 Å². The molecule has 1 aliphatic rings. The smallest absolute Gasteiger partial charge is 0.231 e. The maximum atomic E-state index is 13.2. The van der Waals surface area contributed by atoms with E-state index in [0.717, 1.165) is 33.1 Å². The summed E-state index contributed by atoms with van der Waals surface area (Å²) in [5.41, 5.74) is 4.25. The molecule has 5 rings (SSSR count). The Morgan fingerprint density at radius 3 is 2.84 bits per heavy atom. The number of halogens is 1. The molecule has 1 aliphatic carbocycles. The van der Waals surface area contributed by atoms with Crippen LogP contribution in [0.25, 0.3) is 27.5 Å². The summed E-state index contributed by atoms with van der Waals surface area (Å²) in [5, 5.41) is 19.0. The number of hydrogen-bond acceptors (Lipinski definition) is 5. The first-order valence-electron chi connectivity index (χ1n) is 10.3. The van der Waals surface area contributed by atoms with Crippen LogP contribution in [0.3, 0.4) is 0 Å². The summed E-state index contributed by atoms with van der Waals surface area (Å²) < 4.78 is 15.0. The van der Waals surface area contributed by atoms with Crippen LogP contribution in [-0.2, 0) is 4.79 Å². The number of alkyl halides is 1. The highest BCUT2D eigenvalue weighted by Gasteiger charge is 2.43. The van der Waals surface area contributed by atoms with Gasteiger partial charge in [-0.05, 0) is 49.6 Å². The molecule has 158 valence electrons. The fourth-order valence-electron chi connectivity index (χ4n) is 3.86. The van der Waals surface area contributed by atoms with Gasteiger partial charge in [-0.2, -0.15) is 5.10 Å². The molecule has 4 heterocycles. The van der Waals surface area contributed by atoms with Gasteiger partial charge in [-0.25, -0.2) is 13.9 Å². The Hall–Kier alpha value is -3.39. The number of aromatic nitrogens is 4. The van der Waals surface area contributed by atoms with E-state index in [9.17, 15) is 14.3 Å². The average Bonchev–Trinajstić information content (AvgIpc) is 3.30. The second-order valence-electron chi connectivity index (χ2n) is 8.01. The normalized spacial score (nSPS) is 19.0. The van der Waals surface area contributed by atoms with Gasteiger partial charge in [0.2, 0.25) is 5.91 Å². The zero-order chi connectivity index (χ0) is 21.7. The molecule has 8 heteroatoms. The molecule has 0 bridgehead atoms. The lowest BCUT2D eigenvalue weighted by Gasteiger charge is -2.14. The number of pyridine rings is 3. The number of fused-ring (bicyclic) bond motifs is 3. The molecule has 1 amide bonds. The lowest BCUT2D eigenvalue weighted by molar-refractivity contribution is -0.117. The summed E-state index contributed by atoms with van der Waals surface area (Å²) in [7, 11) is 0. The van der Waals surface area contributed by atoms with Gasteiger partial charge in [-0.3, -0.25) is 9.78 Å². The van der Waals surface area contributed by atoms with Crippen molar-refractivity contribution in [2.45, 2.75) is 39.0 Å². The van der Waals surface area contributed by atoms with Crippen molar-refractivity contribution in [3.8, 4) is 11.3 Å². The molecule has 0 spiro atoms. The number of amides is 1. The number of nitrogens with one attached hydrogen (secondary N) is 1. The topological polar surface area (TPSA) is 92.4 Å². The molecular formula is C23H22FN5O2. The van der Waals surface area contributed by atoms with Gasteiger partial charge in [0.05, 0.1) is 35.1 Å². The van der Waals surface area contributed by atoms with E-state index in [4.69, 9.17) is 0 Å². The third kappa shape index (κ3) is 3.42. The van der Waals surface area contributed by atoms with E-state index in [1.165, 1.54) is 0 Å². The van der Waals surface area contributed by atoms with E-state index in [0.29, 0.717) is 17.9 Å². The van der Waals surface area contributed by atoms with Crippen molar-refractivity contribution in [1.29, 1.82) is 0 Å². The monoisotopic (exact) mass is 419 g/mol. The Morgan fingerprint density at radius 2 is 2.13 bits per heavy atom. The van der Waals surface area contributed by atoms with Gasteiger partial charge in [-0.15, -0.1) is 0 Å². The van der Waals surface area contributed by atoms with Gasteiger partial charge >= 0.3 is 0 Å². The maximum absolute atomic E-state index is 13.2. The molecule has 0 aliphatic heterocycles. The number of rotatable bonds is 5. The minimum Gasteiger partial charge on any atom is -0.387 e. The second-order valence-corrected chi connectivity index (χ2v) is 8.01. The Morgan fingerprint density at radius 1 is 1.32 bits per heavy atom. The Kier molecular flexibility index (Phi) is 4.66. The highest BCUT2D eigenvalue weighted by molar-refractivity contribution is 6.01. The fourth-order valence-corrected chi connectivity index (χ4v) is 3.86. The summed E-state index contributed by atoms with van der Waals surface area (Å²) in [6.45, 7) is 3.89. The molecule has 3 atom stereocenters. The summed E-state index contributed by atoms with van der Waals surface area (Å²) in [4.78, 5) is 20.9. The first kappa shape index (κ1) is 19.6. The van der Waals surface area contributed by atoms with Crippen molar-refractivity contribution in [3.63, 3.8) is 0 Å². The molecule has 2 N–H and O–H groups in total. The van der Waals surface area contributed by atoms with Crippen LogP contribution in [0.4, 0.5) is 10.2 Å². The van der Waals surface area contributed by atoms with Crippen LogP contribution in [0, 0.1) is 12.8 Å². The van der Waals surface area contributed by atoms with Gasteiger partial charge in [0.25, 0.3) is 0 Å². The number of carbonyl (C=O) groups excluding carboxylic acids is 1. The van der Waals surface area contributed by atoms with Crippen LogP contribution in [0.1, 0.15) is 37.1 Å². The van der Waals surface area contributed by atoms with Crippen molar-refractivity contribution in [2.75, 3.05) is 5.32 Å². The number of hydrogen-bond donors (Lipinski definition) is 2. The second kappa shape index (κ2) is 7.39. The molecule has 0 saturated heterocycles. The molecule has 31 heavy (non-hydrogen) atoms. The molecule has 1 fully saturated rings. The number of aliphatic hydroxyl groups excluding tert-OH is 1. The minimum absolute atomic E-state index is 0.275. The van der Waals surface area contributed by atoms with Gasteiger partial charge in [0.1, 0.15) is 12.0 Å². The van der Waals surface area contributed by atoms with Gasteiger partial charge in [0.15, 0.2) is 0 Å². The van der Waals surface area contributed by atoms with Gasteiger partial charge in [-0.1, -0.05) is 6.92 Å². The van der Waals surface area contributed by atoms with E-state index >= 15 is 0 Å². The van der Waals surface area contributed by atoms with Crippen molar-refractivity contribution in [3.05, 3.63) is 54.1 Å². The van der Waals surface area contributed by atoms with Crippen LogP contribution in [0.2, 0.25) is 0 Å². The third-order valence-electron chi connectivity index (χ3n) is 5.81. The molecule has 0 unspecified atom stereocenters. The molecule has 7 nitrogen and oxygen atoms in total. The minimum atomic E-state index is -1.05. The van der Waals surface area contributed by atoms with Gasteiger partial charge in [0, 0.05) is 28.7 Å². The van der Waals surface area contributed by atoms with E-state index < -0.39 is 18.2 Å². The van der Waals surface area contributed by atoms with E-state index in [2.05, 4.69) is 20.4 Å².